The molecule has 1 aliphatic rings. The smallest absolute Gasteiger partial charge is 0.271 e. The van der Waals surface area contributed by atoms with Crippen molar-refractivity contribution in [3.05, 3.63) is 54.2 Å². The number of hydrogen-bond acceptors (Lipinski definition) is 6. The number of morpholine rings is 1. The number of carbonyl (C=O) groups is 1. The molecular weight excluding hydrogens is 332 g/mol. The van der Waals surface area contributed by atoms with Gasteiger partial charge < -0.3 is 14.5 Å². The third-order valence-electron chi connectivity index (χ3n) is 4.40. The standard InChI is InChI=1S/C18H20N6O2/c1-22(2)18-20-7-6-13(21-18)15-12-23(10-11-26-15)17(25)14-4-3-5-16-19-8-9-24(14)16/h3-9,15H,10-12H2,1-2H3. The zero-order valence-corrected chi connectivity index (χ0v) is 14.7. The molecule has 0 aromatic carbocycles. The first-order valence-corrected chi connectivity index (χ1v) is 8.47. The lowest BCUT2D eigenvalue weighted by Gasteiger charge is -2.33. The van der Waals surface area contributed by atoms with Crippen LogP contribution in [0.1, 0.15) is 22.3 Å². The summed E-state index contributed by atoms with van der Waals surface area (Å²) >= 11 is 0. The van der Waals surface area contributed by atoms with Gasteiger partial charge in [-0.1, -0.05) is 6.07 Å². The first kappa shape index (κ1) is 16.5. The molecule has 1 fully saturated rings. The van der Waals surface area contributed by atoms with Crippen LogP contribution in [-0.2, 0) is 4.74 Å². The molecule has 1 aliphatic heterocycles. The SMILES string of the molecule is CN(C)c1nccc(C2CN(C(=O)c3cccc4nccn34)CCO2)n1. The van der Waals surface area contributed by atoms with E-state index >= 15 is 0 Å². The molecule has 0 radical (unpaired) electrons. The van der Waals surface area contributed by atoms with Crippen LogP contribution in [0.3, 0.4) is 0 Å². The molecule has 3 aromatic rings. The normalized spacial score (nSPS) is 17.5. The minimum absolute atomic E-state index is 0.0382. The van der Waals surface area contributed by atoms with Gasteiger partial charge in [-0.2, -0.15) is 0 Å². The van der Waals surface area contributed by atoms with E-state index in [1.54, 1.807) is 23.5 Å². The Balaban J connectivity index is 1.58. The summed E-state index contributed by atoms with van der Waals surface area (Å²) in [6.45, 7) is 1.47. The highest BCUT2D eigenvalue weighted by Crippen LogP contribution is 2.23. The second-order valence-corrected chi connectivity index (χ2v) is 6.35. The molecule has 1 atom stereocenters. The van der Waals surface area contributed by atoms with Gasteiger partial charge in [-0.05, 0) is 18.2 Å². The van der Waals surface area contributed by atoms with Gasteiger partial charge in [-0.25, -0.2) is 15.0 Å². The van der Waals surface area contributed by atoms with Gasteiger partial charge in [-0.15, -0.1) is 0 Å². The molecule has 4 heterocycles. The van der Waals surface area contributed by atoms with E-state index in [0.717, 1.165) is 11.3 Å². The monoisotopic (exact) mass is 352 g/mol. The number of fused-ring (bicyclic) bond motifs is 1. The van der Waals surface area contributed by atoms with Crippen LogP contribution in [0.15, 0.2) is 42.9 Å². The number of carbonyl (C=O) groups excluding carboxylic acids is 1. The summed E-state index contributed by atoms with van der Waals surface area (Å²) in [6.07, 6.45) is 4.94. The maximum Gasteiger partial charge on any atom is 0.271 e. The topological polar surface area (TPSA) is 75.9 Å². The Morgan fingerprint density at radius 2 is 2.12 bits per heavy atom. The fourth-order valence-electron chi connectivity index (χ4n) is 3.05. The molecular formula is C18H20N6O2. The predicted molar refractivity (Wildman–Crippen MR) is 96.1 cm³/mol. The van der Waals surface area contributed by atoms with Gasteiger partial charge in [0.25, 0.3) is 5.91 Å². The first-order valence-electron chi connectivity index (χ1n) is 8.47. The first-order chi connectivity index (χ1) is 12.6. The summed E-state index contributed by atoms with van der Waals surface area (Å²) < 4.78 is 7.67. The molecule has 8 nitrogen and oxygen atoms in total. The largest absolute Gasteiger partial charge is 0.368 e. The molecule has 4 rings (SSSR count). The Morgan fingerprint density at radius 3 is 2.96 bits per heavy atom. The number of anilines is 1. The van der Waals surface area contributed by atoms with E-state index in [0.29, 0.717) is 31.3 Å². The highest BCUT2D eigenvalue weighted by atomic mass is 16.5. The van der Waals surface area contributed by atoms with Crippen LogP contribution in [0.2, 0.25) is 0 Å². The number of amides is 1. The van der Waals surface area contributed by atoms with Crippen LogP contribution in [0.4, 0.5) is 5.95 Å². The van der Waals surface area contributed by atoms with Crippen LogP contribution in [0, 0.1) is 0 Å². The summed E-state index contributed by atoms with van der Waals surface area (Å²) in [5.41, 5.74) is 2.13. The minimum Gasteiger partial charge on any atom is -0.368 e. The van der Waals surface area contributed by atoms with E-state index in [2.05, 4.69) is 15.0 Å². The van der Waals surface area contributed by atoms with Gasteiger partial charge in [0.15, 0.2) is 0 Å². The number of hydrogen-bond donors (Lipinski definition) is 0. The molecule has 3 aromatic heterocycles. The van der Waals surface area contributed by atoms with Crippen LogP contribution < -0.4 is 4.90 Å². The second-order valence-electron chi connectivity index (χ2n) is 6.35. The quantitative estimate of drug-likeness (QED) is 0.709. The van der Waals surface area contributed by atoms with Crippen molar-refractivity contribution in [2.24, 2.45) is 0 Å². The van der Waals surface area contributed by atoms with Crippen molar-refractivity contribution < 1.29 is 9.53 Å². The molecule has 134 valence electrons. The average molecular weight is 352 g/mol. The van der Waals surface area contributed by atoms with E-state index in [9.17, 15) is 4.79 Å². The zero-order valence-electron chi connectivity index (χ0n) is 14.7. The Kier molecular flexibility index (Phi) is 4.26. The molecule has 0 saturated carbocycles. The lowest BCUT2D eigenvalue weighted by atomic mass is 10.2. The fourth-order valence-corrected chi connectivity index (χ4v) is 3.05. The summed E-state index contributed by atoms with van der Waals surface area (Å²) in [5.74, 6) is 0.585. The predicted octanol–water partition coefficient (Wildman–Crippen LogP) is 1.40. The molecule has 0 N–H and O–H groups in total. The van der Waals surface area contributed by atoms with E-state index in [-0.39, 0.29) is 12.0 Å². The highest BCUT2D eigenvalue weighted by Gasteiger charge is 2.28. The lowest BCUT2D eigenvalue weighted by Crippen LogP contribution is -2.43. The van der Waals surface area contributed by atoms with E-state index in [1.807, 2.05) is 47.7 Å². The van der Waals surface area contributed by atoms with Crippen LogP contribution in [0.25, 0.3) is 5.65 Å². The van der Waals surface area contributed by atoms with Crippen molar-refractivity contribution in [1.29, 1.82) is 0 Å². The number of nitrogens with zero attached hydrogens (tertiary/aromatic N) is 6. The van der Waals surface area contributed by atoms with Gasteiger partial charge in [0.1, 0.15) is 17.4 Å². The molecule has 0 spiro atoms. The minimum atomic E-state index is -0.267. The Hall–Kier alpha value is -3.00. The zero-order chi connectivity index (χ0) is 18.1. The van der Waals surface area contributed by atoms with Crippen LogP contribution in [0.5, 0.6) is 0 Å². The van der Waals surface area contributed by atoms with Gasteiger partial charge in [0.2, 0.25) is 5.95 Å². The van der Waals surface area contributed by atoms with Gasteiger partial charge >= 0.3 is 0 Å². The third-order valence-corrected chi connectivity index (χ3v) is 4.40. The highest BCUT2D eigenvalue weighted by molar-refractivity contribution is 5.93. The van der Waals surface area contributed by atoms with Gasteiger partial charge in [0, 0.05) is 39.2 Å². The molecule has 0 bridgehead atoms. The van der Waals surface area contributed by atoms with Crippen molar-refractivity contribution in [2.75, 3.05) is 38.7 Å². The number of imidazole rings is 1. The maximum atomic E-state index is 13.0. The number of aromatic nitrogens is 4. The Morgan fingerprint density at radius 1 is 1.23 bits per heavy atom. The molecule has 1 saturated heterocycles. The number of rotatable bonds is 3. The van der Waals surface area contributed by atoms with E-state index in [4.69, 9.17) is 4.74 Å². The molecule has 0 aliphatic carbocycles. The Labute approximate surface area is 151 Å². The summed E-state index contributed by atoms with van der Waals surface area (Å²) in [4.78, 5) is 29.7. The average Bonchev–Trinajstić information content (AvgIpc) is 3.16. The Bertz CT molecular complexity index is 938. The molecule has 1 amide bonds. The van der Waals surface area contributed by atoms with Crippen LogP contribution >= 0.6 is 0 Å². The number of pyridine rings is 1. The van der Waals surface area contributed by atoms with Crippen LogP contribution in [-0.4, -0.2) is 64.0 Å². The van der Waals surface area contributed by atoms with Crippen molar-refractivity contribution in [3.8, 4) is 0 Å². The maximum absolute atomic E-state index is 13.0. The fraction of sp³-hybridized carbons (Fsp3) is 0.333. The van der Waals surface area contributed by atoms with Crippen molar-refractivity contribution >= 4 is 17.5 Å². The third kappa shape index (κ3) is 2.99. The van der Waals surface area contributed by atoms with Crippen molar-refractivity contribution in [2.45, 2.75) is 6.10 Å². The van der Waals surface area contributed by atoms with E-state index < -0.39 is 0 Å². The second kappa shape index (κ2) is 6.72. The molecule has 8 heteroatoms. The lowest BCUT2D eigenvalue weighted by molar-refractivity contribution is -0.0249. The van der Waals surface area contributed by atoms with Crippen molar-refractivity contribution in [3.63, 3.8) is 0 Å². The van der Waals surface area contributed by atoms with Gasteiger partial charge in [0.05, 0.1) is 18.8 Å². The molecule has 1 unspecified atom stereocenters. The van der Waals surface area contributed by atoms with Gasteiger partial charge in [-0.3, -0.25) is 9.20 Å². The number of ether oxygens (including phenoxy) is 1. The summed E-state index contributed by atoms with van der Waals surface area (Å²) in [7, 11) is 3.78. The van der Waals surface area contributed by atoms with Crippen molar-refractivity contribution in [1.82, 2.24) is 24.3 Å². The molecule has 26 heavy (non-hydrogen) atoms. The summed E-state index contributed by atoms with van der Waals surface area (Å²) in [5, 5.41) is 0. The van der Waals surface area contributed by atoms with E-state index in [1.165, 1.54) is 0 Å². The summed E-state index contributed by atoms with van der Waals surface area (Å²) in [6, 6.07) is 7.38.